The van der Waals surface area contributed by atoms with Gasteiger partial charge in [-0.3, -0.25) is 0 Å². The summed E-state index contributed by atoms with van der Waals surface area (Å²) in [6, 6.07) is 171. The number of rotatable bonds is 10. The van der Waals surface area contributed by atoms with Crippen LogP contribution < -0.4 is 0 Å². The van der Waals surface area contributed by atoms with E-state index in [4.69, 9.17) is 19.7 Å². The fourth-order valence-electron chi connectivity index (χ4n) is 21.5. The molecule has 0 aliphatic carbocycles. The number of fused-ring (bicyclic) bond motifs is 21. The van der Waals surface area contributed by atoms with Crippen LogP contribution in [0.3, 0.4) is 0 Å². The number of nitrogens with zero attached hydrogens (tertiary/aromatic N) is 9. The molecule has 0 saturated carbocycles. The summed E-state index contributed by atoms with van der Waals surface area (Å²) < 4.78 is 14.0. The summed E-state index contributed by atoms with van der Waals surface area (Å²) in [7, 11) is 0. The summed E-state index contributed by atoms with van der Waals surface area (Å²) in [5, 5.41) is 21.6. The summed E-state index contributed by atoms with van der Waals surface area (Å²) in [5.41, 5.74) is 31.9. The first-order valence-electron chi connectivity index (χ1n) is 46.5. The van der Waals surface area contributed by atoms with E-state index in [1.54, 1.807) is 0 Å². The highest BCUT2D eigenvalue weighted by atomic mass is 15.0. The molecule has 28 rings (SSSR count). The maximum Gasteiger partial charge on any atom is 0.188 e. The van der Waals surface area contributed by atoms with Crippen LogP contribution in [0.5, 0.6) is 0 Å². The summed E-state index contributed by atoms with van der Waals surface area (Å²) in [6.07, 6.45) is 0. The SMILES string of the molecule is [C-]#[N+]c1ccc2c(c1)c1cc(-c3ccc(-n4c5ccccc5c5ccccc54)cc3)ccc1n2-c1ccc(-c2ccc3ccccc3c2)cc1.[C-]#[N+]c1ccc2c(c1)c1cc(-c3ccc(-n4c5ccccc5c5ccccc54)cc3)ccc1n2-c1ccc2ccccc2c1.[C-]#[N+]c1ccc2c(c1)c1cc(-c3ccc(-n4c5ccccc5c5ccccc54)cc3)ccc1n2-c1cccc2ccccc12. The van der Waals surface area contributed by atoms with E-state index in [1.165, 1.54) is 109 Å². The van der Waals surface area contributed by atoms with Gasteiger partial charge in [0.05, 0.1) is 91.6 Å². The molecular formula is C129H79N9. The van der Waals surface area contributed by atoms with E-state index in [-0.39, 0.29) is 0 Å². The maximum atomic E-state index is 7.73. The second-order valence-corrected chi connectivity index (χ2v) is 35.5. The number of aromatic nitrogens is 6. The molecule has 6 aromatic heterocycles. The van der Waals surface area contributed by atoms with Gasteiger partial charge in [-0.1, -0.05) is 297 Å². The van der Waals surface area contributed by atoms with Crippen molar-refractivity contribution in [3.63, 3.8) is 0 Å². The molecule has 0 spiro atoms. The highest BCUT2D eigenvalue weighted by Crippen LogP contribution is 2.46. The van der Waals surface area contributed by atoms with Crippen LogP contribution in [-0.2, 0) is 0 Å². The van der Waals surface area contributed by atoms with E-state index in [0.29, 0.717) is 17.1 Å². The Labute approximate surface area is 794 Å². The lowest BCUT2D eigenvalue weighted by atomic mass is 10.0. The third-order valence-electron chi connectivity index (χ3n) is 28.0. The topological polar surface area (TPSA) is 42.7 Å². The molecule has 0 aliphatic rings. The smallest absolute Gasteiger partial charge is 0.188 e. The zero-order chi connectivity index (χ0) is 91.6. The highest BCUT2D eigenvalue weighted by molar-refractivity contribution is 6.17. The fraction of sp³-hybridized carbons (Fsp3) is 0. The molecule has 9 nitrogen and oxygen atoms in total. The van der Waals surface area contributed by atoms with E-state index in [0.717, 1.165) is 133 Å². The lowest BCUT2D eigenvalue weighted by Gasteiger charge is -2.12. The van der Waals surface area contributed by atoms with Crippen LogP contribution in [-0.4, -0.2) is 27.4 Å². The average Bonchev–Trinajstić information content (AvgIpc) is 1.27. The van der Waals surface area contributed by atoms with Crippen molar-refractivity contribution in [1.82, 2.24) is 27.4 Å². The summed E-state index contributed by atoms with van der Waals surface area (Å²) in [6.45, 7) is 23.1. The van der Waals surface area contributed by atoms with Crippen molar-refractivity contribution in [2.75, 3.05) is 0 Å². The van der Waals surface area contributed by atoms with Gasteiger partial charge in [-0.2, -0.15) is 0 Å². The number of para-hydroxylation sites is 6. The Morgan fingerprint density at radius 3 is 0.696 bits per heavy atom. The third kappa shape index (κ3) is 13.3. The second-order valence-electron chi connectivity index (χ2n) is 35.5. The summed E-state index contributed by atoms with van der Waals surface area (Å²) >= 11 is 0. The number of hydrogen-bond donors (Lipinski definition) is 0. The van der Waals surface area contributed by atoms with Gasteiger partial charge in [0, 0.05) is 82.3 Å². The molecule has 28 aromatic rings. The average molecular weight is 1760 g/mol. The van der Waals surface area contributed by atoms with Gasteiger partial charge < -0.3 is 27.4 Å². The molecular weight excluding hydrogens is 1680 g/mol. The van der Waals surface area contributed by atoms with Gasteiger partial charge in [-0.15, -0.1) is 0 Å². The molecule has 0 bridgehead atoms. The molecule has 0 atom stereocenters. The molecule has 0 fully saturated rings. The Bertz CT molecular complexity index is 9840. The lowest BCUT2D eigenvalue weighted by Crippen LogP contribution is -1.95. The third-order valence-corrected chi connectivity index (χ3v) is 28.0. The van der Waals surface area contributed by atoms with Crippen LogP contribution in [0, 0.1) is 19.7 Å². The van der Waals surface area contributed by atoms with Gasteiger partial charge in [0.25, 0.3) is 0 Å². The summed E-state index contributed by atoms with van der Waals surface area (Å²) in [5.74, 6) is 0. The predicted octanol–water partition coefficient (Wildman–Crippen LogP) is 35.4. The molecule has 138 heavy (non-hydrogen) atoms. The van der Waals surface area contributed by atoms with Crippen LogP contribution in [0.15, 0.2) is 479 Å². The predicted molar refractivity (Wildman–Crippen MR) is 578 cm³/mol. The highest BCUT2D eigenvalue weighted by Gasteiger charge is 2.23. The fourth-order valence-corrected chi connectivity index (χ4v) is 21.5. The Balaban J connectivity index is 0.000000107. The van der Waals surface area contributed by atoms with Crippen LogP contribution in [0.4, 0.5) is 17.1 Å². The van der Waals surface area contributed by atoms with E-state index >= 15 is 0 Å². The van der Waals surface area contributed by atoms with Crippen molar-refractivity contribution in [3.8, 4) is 78.6 Å². The number of benzene rings is 22. The van der Waals surface area contributed by atoms with Gasteiger partial charge in [-0.25, -0.2) is 14.5 Å². The molecule has 640 valence electrons. The molecule has 0 N–H and O–H groups in total. The number of hydrogen-bond acceptors (Lipinski definition) is 0. The van der Waals surface area contributed by atoms with Gasteiger partial charge in [0.1, 0.15) is 0 Å². The summed E-state index contributed by atoms with van der Waals surface area (Å²) in [4.78, 5) is 11.3. The minimum Gasteiger partial charge on any atom is -0.309 e. The normalized spacial score (nSPS) is 11.6. The maximum absolute atomic E-state index is 7.73. The minimum absolute atomic E-state index is 0.643. The van der Waals surface area contributed by atoms with Crippen molar-refractivity contribution < 1.29 is 0 Å². The monoisotopic (exact) mass is 1750 g/mol. The largest absolute Gasteiger partial charge is 0.309 e. The zero-order valence-electron chi connectivity index (χ0n) is 74.6. The first kappa shape index (κ1) is 79.8. The quantitative estimate of drug-likeness (QED) is 0.123. The van der Waals surface area contributed by atoms with Crippen molar-refractivity contribution in [1.29, 1.82) is 0 Å². The van der Waals surface area contributed by atoms with Gasteiger partial charge in [-0.05, 0) is 270 Å². The molecule has 6 heterocycles. The van der Waals surface area contributed by atoms with Crippen LogP contribution >= 0.6 is 0 Å². The van der Waals surface area contributed by atoms with Crippen LogP contribution in [0.25, 0.3) is 256 Å². The van der Waals surface area contributed by atoms with Crippen LogP contribution in [0.1, 0.15) is 0 Å². The van der Waals surface area contributed by atoms with E-state index in [9.17, 15) is 0 Å². The molecule has 22 aromatic carbocycles. The molecule has 0 unspecified atom stereocenters. The first-order valence-corrected chi connectivity index (χ1v) is 46.5. The molecule has 0 aliphatic heterocycles. The van der Waals surface area contributed by atoms with E-state index < -0.39 is 0 Å². The molecule has 0 amide bonds. The molecule has 9 heteroatoms. The zero-order valence-corrected chi connectivity index (χ0v) is 74.6. The molecule has 0 radical (unpaired) electrons. The van der Waals surface area contributed by atoms with E-state index in [1.807, 2.05) is 36.4 Å². The minimum atomic E-state index is 0.643. The Kier molecular flexibility index (Phi) is 18.9. The Hall–Kier alpha value is -19.1. The Morgan fingerprint density at radius 1 is 0.130 bits per heavy atom. The van der Waals surface area contributed by atoms with Crippen molar-refractivity contribution in [3.05, 3.63) is 513 Å². The van der Waals surface area contributed by atoms with Crippen molar-refractivity contribution >= 4 is 180 Å². The second kappa shape index (κ2) is 32.7. The standard InChI is InChI=1S/C47H29N3.2C41H25N3/c1-48-37-21-27-47-43(30-37)42-29-36(33-18-24-38(25-19-33)49-44-12-6-4-10-40(44)41-11-5-7-13-45(41)49)20-26-46(42)50(47)39-22-16-32(17-23-39)35-15-14-31-8-2-3-9-34(31)28-35;1-42-30-20-24-41-36(26-30)35-25-29(19-23-40(35)44(41)37-16-8-10-28-9-2-3-11-32(28)37)27-17-21-31(22-18-27)43-38-14-6-4-12-33(38)34-13-5-7-15-39(34)43;1-42-31-18-23-41-37(26-31)36-25-30(17-22-40(36)44(41)33-21-16-27-8-2-3-9-29(27)24-33)28-14-19-32(20-15-28)43-38-12-6-4-10-34(38)35-11-5-7-13-39(35)43/h2-30H;2*2-26H. The van der Waals surface area contributed by atoms with Gasteiger partial charge in [0.15, 0.2) is 17.1 Å². The molecule has 0 saturated heterocycles. The lowest BCUT2D eigenvalue weighted by molar-refractivity contribution is 1.18. The Morgan fingerprint density at radius 2 is 0.355 bits per heavy atom. The van der Waals surface area contributed by atoms with Gasteiger partial charge in [0.2, 0.25) is 0 Å². The van der Waals surface area contributed by atoms with Crippen molar-refractivity contribution in [2.24, 2.45) is 0 Å². The van der Waals surface area contributed by atoms with E-state index in [2.05, 4.69) is 485 Å². The van der Waals surface area contributed by atoms with Gasteiger partial charge >= 0.3 is 0 Å². The van der Waals surface area contributed by atoms with Crippen LogP contribution in [0.2, 0.25) is 0 Å². The first-order chi connectivity index (χ1) is 68.3. The van der Waals surface area contributed by atoms with Crippen molar-refractivity contribution in [2.45, 2.75) is 0 Å².